The van der Waals surface area contributed by atoms with E-state index in [0.29, 0.717) is 12.0 Å². The molecule has 0 spiro atoms. The number of hydrogen-bond donors (Lipinski definition) is 3. The van der Waals surface area contributed by atoms with Crippen molar-refractivity contribution < 1.29 is 19.7 Å². The minimum Gasteiger partial charge on any atom is -0.494 e. The second-order valence-corrected chi connectivity index (χ2v) is 8.12. The van der Waals surface area contributed by atoms with Crippen LogP contribution in [0, 0.1) is 0 Å². The topological polar surface area (TPSA) is 85.8 Å². The second kappa shape index (κ2) is 6.60. The van der Waals surface area contributed by atoms with Crippen molar-refractivity contribution in [2.45, 2.75) is 43.1 Å². The Morgan fingerprint density at radius 2 is 1.96 bits per heavy atom. The molecular formula is C21H26N2O4. The number of rotatable bonds is 6. The lowest BCUT2D eigenvalue weighted by molar-refractivity contribution is 0.0249. The van der Waals surface area contributed by atoms with E-state index in [1.54, 1.807) is 12.1 Å². The highest BCUT2D eigenvalue weighted by Crippen LogP contribution is 2.64. The van der Waals surface area contributed by atoms with Crippen LogP contribution in [0.2, 0.25) is 0 Å². The van der Waals surface area contributed by atoms with Gasteiger partial charge in [-0.15, -0.1) is 0 Å². The molecule has 1 saturated carbocycles. The molecule has 3 N–H and O–H groups in total. The summed E-state index contributed by atoms with van der Waals surface area (Å²) in [5.74, 6) is -0.355. The molecule has 6 nitrogen and oxygen atoms in total. The highest BCUT2D eigenvalue weighted by Gasteiger charge is 2.58. The molecule has 1 heterocycles. The van der Waals surface area contributed by atoms with E-state index in [1.807, 2.05) is 32.3 Å². The molecule has 1 aromatic heterocycles. The van der Waals surface area contributed by atoms with Gasteiger partial charge in [0.25, 0.3) is 0 Å². The molecule has 6 heteroatoms. The van der Waals surface area contributed by atoms with Gasteiger partial charge < -0.3 is 19.8 Å². The summed E-state index contributed by atoms with van der Waals surface area (Å²) in [6.45, 7) is 0.952. The van der Waals surface area contributed by atoms with Crippen molar-refractivity contribution in [1.29, 1.82) is 0 Å². The number of aromatic nitrogens is 1. The highest BCUT2D eigenvalue weighted by molar-refractivity contribution is 5.89. The number of fused-ring (bicyclic) bond motifs is 5. The summed E-state index contributed by atoms with van der Waals surface area (Å²) in [5, 5.41) is 20.7. The fraction of sp³-hybridized carbons (Fsp3) is 0.476. The van der Waals surface area contributed by atoms with Crippen LogP contribution in [0.15, 0.2) is 30.3 Å². The maximum absolute atomic E-state index is 12.5. The van der Waals surface area contributed by atoms with Crippen LogP contribution in [-0.4, -0.2) is 52.8 Å². The molecule has 1 aromatic carbocycles. The molecule has 4 rings (SSSR count). The van der Waals surface area contributed by atoms with Gasteiger partial charge in [-0.1, -0.05) is 18.2 Å². The lowest BCUT2D eigenvalue weighted by Crippen LogP contribution is -2.29. The van der Waals surface area contributed by atoms with Crippen LogP contribution in [0.5, 0.6) is 11.8 Å². The Bertz CT molecular complexity index is 845. The molecule has 0 radical (unpaired) electrons. The standard InChI is InChI=1S/C21H26N2O4/c1-23(2)10-6-9-21-11-14(16-17(21)19(25)22-18(16)24)15(12-21)27-20(26)13-7-4-3-5-8-13/h3-5,7-8,14-15,22,24-25H,6,9-12H2,1-2H3. The molecule has 27 heavy (non-hydrogen) atoms. The van der Waals surface area contributed by atoms with Gasteiger partial charge in [0.05, 0.1) is 5.56 Å². The quantitative estimate of drug-likeness (QED) is 0.680. The van der Waals surface area contributed by atoms with Crippen LogP contribution in [0.1, 0.15) is 53.1 Å². The first kappa shape index (κ1) is 17.9. The van der Waals surface area contributed by atoms with Crippen molar-refractivity contribution in [3.63, 3.8) is 0 Å². The van der Waals surface area contributed by atoms with Crippen molar-refractivity contribution in [2.75, 3.05) is 20.6 Å². The fourth-order valence-corrected chi connectivity index (χ4v) is 5.01. The van der Waals surface area contributed by atoms with Crippen LogP contribution >= 0.6 is 0 Å². The van der Waals surface area contributed by atoms with Gasteiger partial charge in [-0.05, 0) is 58.5 Å². The minimum absolute atomic E-state index is 0.00226. The minimum atomic E-state index is -0.336. The van der Waals surface area contributed by atoms with E-state index in [9.17, 15) is 15.0 Å². The second-order valence-electron chi connectivity index (χ2n) is 8.12. The zero-order valence-electron chi connectivity index (χ0n) is 15.7. The van der Waals surface area contributed by atoms with E-state index in [2.05, 4.69) is 9.88 Å². The van der Waals surface area contributed by atoms with Gasteiger partial charge in [-0.25, -0.2) is 4.79 Å². The number of hydrogen-bond acceptors (Lipinski definition) is 5. The fourth-order valence-electron chi connectivity index (χ4n) is 5.01. The predicted molar refractivity (Wildman–Crippen MR) is 101 cm³/mol. The normalized spacial score (nSPS) is 25.7. The summed E-state index contributed by atoms with van der Waals surface area (Å²) in [7, 11) is 4.08. The molecule has 0 saturated heterocycles. The number of aromatic hydroxyl groups is 2. The van der Waals surface area contributed by atoms with Crippen LogP contribution in [0.25, 0.3) is 0 Å². The van der Waals surface area contributed by atoms with Gasteiger partial charge in [0.15, 0.2) is 11.8 Å². The molecule has 1 fully saturated rings. The molecule has 3 unspecified atom stereocenters. The Kier molecular flexibility index (Phi) is 4.38. The summed E-state index contributed by atoms with van der Waals surface area (Å²) in [5.41, 5.74) is 1.84. The number of carbonyl (C=O) groups is 1. The van der Waals surface area contributed by atoms with Gasteiger partial charge >= 0.3 is 5.97 Å². The van der Waals surface area contributed by atoms with E-state index in [-0.39, 0.29) is 35.2 Å². The third-order valence-corrected chi connectivity index (χ3v) is 6.08. The maximum Gasteiger partial charge on any atom is 0.338 e. The number of H-pyrrole nitrogens is 1. The van der Waals surface area contributed by atoms with Crippen LogP contribution < -0.4 is 0 Å². The number of esters is 1. The lowest BCUT2D eigenvalue weighted by Gasteiger charge is -2.31. The van der Waals surface area contributed by atoms with Gasteiger partial charge in [0, 0.05) is 22.5 Å². The predicted octanol–water partition coefficient (Wildman–Crippen LogP) is 3.12. The smallest absolute Gasteiger partial charge is 0.338 e. The number of aromatic amines is 1. The van der Waals surface area contributed by atoms with Gasteiger partial charge in [-0.2, -0.15) is 0 Å². The number of carbonyl (C=O) groups excluding carboxylic acids is 1. The van der Waals surface area contributed by atoms with Crippen molar-refractivity contribution in [3.05, 3.63) is 47.0 Å². The number of nitrogens with one attached hydrogen (secondary N) is 1. The average Bonchev–Trinajstić information content (AvgIpc) is 3.24. The third-order valence-electron chi connectivity index (χ3n) is 6.08. The van der Waals surface area contributed by atoms with Crippen molar-refractivity contribution >= 4 is 5.97 Å². The Hall–Kier alpha value is -2.47. The molecule has 0 amide bonds. The summed E-state index contributed by atoms with van der Waals surface area (Å²) >= 11 is 0. The van der Waals surface area contributed by atoms with Gasteiger partial charge in [-0.3, -0.25) is 4.98 Å². The Balaban J connectivity index is 1.59. The number of benzene rings is 1. The van der Waals surface area contributed by atoms with E-state index >= 15 is 0 Å². The summed E-state index contributed by atoms with van der Waals surface area (Å²) in [6, 6.07) is 8.98. The molecule has 2 aliphatic rings. The third kappa shape index (κ3) is 2.98. The SMILES string of the molecule is CN(C)CCCC12CC(OC(=O)c3ccccc3)C(C1)c1c(O)[nH]c(O)c12. The van der Waals surface area contributed by atoms with E-state index in [0.717, 1.165) is 36.9 Å². The summed E-state index contributed by atoms with van der Waals surface area (Å²) in [6.07, 6.45) is 3.06. The van der Waals surface area contributed by atoms with Crippen molar-refractivity contribution in [2.24, 2.45) is 0 Å². The molecule has 0 aliphatic heterocycles. The van der Waals surface area contributed by atoms with E-state index in [1.165, 1.54) is 0 Å². The summed E-state index contributed by atoms with van der Waals surface area (Å²) < 4.78 is 5.85. The maximum atomic E-state index is 12.5. The molecule has 144 valence electrons. The van der Waals surface area contributed by atoms with Crippen molar-refractivity contribution in [1.82, 2.24) is 9.88 Å². The molecule has 2 aromatic rings. The first-order valence-electron chi connectivity index (χ1n) is 9.46. The first-order chi connectivity index (χ1) is 12.9. The molecule has 3 atom stereocenters. The van der Waals surface area contributed by atoms with E-state index < -0.39 is 0 Å². The molecule has 2 bridgehead atoms. The van der Waals surface area contributed by atoms with Gasteiger partial charge in [0.2, 0.25) is 0 Å². The summed E-state index contributed by atoms with van der Waals surface area (Å²) in [4.78, 5) is 17.3. The number of nitrogens with zero attached hydrogens (tertiary/aromatic N) is 1. The largest absolute Gasteiger partial charge is 0.494 e. The Morgan fingerprint density at radius 3 is 2.67 bits per heavy atom. The zero-order chi connectivity index (χ0) is 19.2. The molecule has 2 aliphatic carbocycles. The molecular weight excluding hydrogens is 344 g/mol. The lowest BCUT2D eigenvalue weighted by atomic mass is 9.76. The first-order valence-corrected chi connectivity index (χ1v) is 9.46. The monoisotopic (exact) mass is 370 g/mol. The van der Waals surface area contributed by atoms with Crippen LogP contribution in [0.3, 0.4) is 0 Å². The number of ether oxygens (including phenoxy) is 1. The highest BCUT2D eigenvalue weighted by atomic mass is 16.5. The van der Waals surface area contributed by atoms with E-state index in [4.69, 9.17) is 4.74 Å². The zero-order valence-corrected chi connectivity index (χ0v) is 15.7. The van der Waals surface area contributed by atoms with Crippen LogP contribution in [-0.2, 0) is 10.2 Å². The Labute approximate surface area is 158 Å². The van der Waals surface area contributed by atoms with Gasteiger partial charge in [0.1, 0.15) is 6.10 Å². The Morgan fingerprint density at radius 1 is 1.22 bits per heavy atom. The van der Waals surface area contributed by atoms with Crippen molar-refractivity contribution in [3.8, 4) is 11.8 Å². The van der Waals surface area contributed by atoms with Crippen LogP contribution in [0.4, 0.5) is 0 Å². The average molecular weight is 370 g/mol.